The minimum Gasteiger partial charge on any atom is -0.387 e. The number of hydrogen-bond donors (Lipinski definition) is 3. The number of nitrogens with zero attached hydrogens (tertiary/aromatic N) is 1. The van der Waals surface area contributed by atoms with Crippen molar-refractivity contribution in [1.29, 1.82) is 0 Å². The van der Waals surface area contributed by atoms with Crippen molar-refractivity contribution < 1.29 is 5.11 Å². The van der Waals surface area contributed by atoms with Gasteiger partial charge >= 0.3 is 0 Å². The maximum atomic E-state index is 10.4. The van der Waals surface area contributed by atoms with Gasteiger partial charge in [-0.2, -0.15) is 0 Å². The van der Waals surface area contributed by atoms with E-state index in [1.807, 2.05) is 36.0 Å². The van der Waals surface area contributed by atoms with Crippen LogP contribution in [0.5, 0.6) is 0 Å². The Hall–Kier alpha value is -1.24. The molecule has 156 valence electrons. The van der Waals surface area contributed by atoms with E-state index in [1.165, 1.54) is 11.3 Å². The smallest absolute Gasteiger partial charge is 0.0914 e. The maximum absolute atomic E-state index is 10.4. The van der Waals surface area contributed by atoms with Gasteiger partial charge in [-0.25, -0.2) is 0 Å². The SMILES string of the molecule is O[C@@H](CNC1CCN(c2ccc(CC3CNCS3)cc2)CC1)c1cccc(Cl)c1. The van der Waals surface area contributed by atoms with Crippen LogP contribution in [-0.4, -0.2) is 48.5 Å². The molecule has 2 heterocycles. The zero-order chi connectivity index (χ0) is 20.1. The summed E-state index contributed by atoms with van der Waals surface area (Å²) >= 11 is 8.05. The predicted molar refractivity (Wildman–Crippen MR) is 124 cm³/mol. The summed E-state index contributed by atoms with van der Waals surface area (Å²) in [6.07, 6.45) is 2.81. The van der Waals surface area contributed by atoms with Crippen molar-refractivity contribution in [2.24, 2.45) is 0 Å². The quantitative estimate of drug-likeness (QED) is 0.621. The molecule has 0 bridgehead atoms. The second kappa shape index (κ2) is 10.2. The largest absolute Gasteiger partial charge is 0.387 e. The third-order valence-corrected chi connectivity index (χ3v) is 7.30. The number of rotatable bonds is 7. The van der Waals surface area contributed by atoms with Crippen molar-refractivity contribution >= 4 is 29.1 Å². The molecule has 2 saturated heterocycles. The standard InChI is InChI=1S/C23H30ClN3OS/c24-19-3-1-2-18(13-19)23(28)15-26-20-8-10-27(11-9-20)21-6-4-17(5-7-21)12-22-14-25-16-29-22/h1-7,13,20,22-23,25-26,28H,8-12,14-16H2/t22?,23-/m0/s1. The van der Waals surface area contributed by atoms with Gasteiger partial charge in [0, 0.05) is 54.1 Å². The Bertz CT molecular complexity index is 774. The number of anilines is 1. The minimum atomic E-state index is -0.521. The van der Waals surface area contributed by atoms with Crippen molar-refractivity contribution in [3.8, 4) is 0 Å². The number of thioether (sulfide) groups is 1. The molecule has 4 nitrogen and oxygen atoms in total. The first-order chi connectivity index (χ1) is 14.2. The van der Waals surface area contributed by atoms with E-state index in [0.29, 0.717) is 22.9 Å². The van der Waals surface area contributed by atoms with Crippen LogP contribution >= 0.6 is 23.4 Å². The summed E-state index contributed by atoms with van der Waals surface area (Å²) in [4.78, 5) is 2.47. The van der Waals surface area contributed by atoms with Gasteiger partial charge in [0.1, 0.15) is 0 Å². The molecule has 2 aromatic rings. The van der Waals surface area contributed by atoms with E-state index in [1.54, 1.807) is 0 Å². The topological polar surface area (TPSA) is 47.5 Å². The first-order valence-electron chi connectivity index (χ1n) is 10.5. The van der Waals surface area contributed by atoms with E-state index in [9.17, 15) is 5.11 Å². The van der Waals surface area contributed by atoms with Gasteiger partial charge in [0.15, 0.2) is 0 Å². The van der Waals surface area contributed by atoms with Crippen LogP contribution in [0.4, 0.5) is 5.69 Å². The van der Waals surface area contributed by atoms with E-state index in [0.717, 1.165) is 50.3 Å². The van der Waals surface area contributed by atoms with Crippen LogP contribution in [0.15, 0.2) is 48.5 Å². The Morgan fingerprint density at radius 1 is 1.17 bits per heavy atom. The highest BCUT2D eigenvalue weighted by Gasteiger charge is 2.21. The molecule has 2 fully saturated rings. The summed E-state index contributed by atoms with van der Waals surface area (Å²) in [7, 11) is 0. The number of halogens is 1. The van der Waals surface area contributed by atoms with Crippen molar-refractivity contribution in [1.82, 2.24) is 10.6 Å². The molecule has 0 saturated carbocycles. The van der Waals surface area contributed by atoms with Crippen LogP contribution in [0.1, 0.15) is 30.1 Å². The van der Waals surface area contributed by atoms with Gasteiger partial charge in [-0.1, -0.05) is 35.9 Å². The molecule has 0 aromatic heterocycles. The molecule has 2 aliphatic heterocycles. The van der Waals surface area contributed by atoms with Gasteiger partial charge in [0.05, 0.1) is 6.10 Å². The average Bonchev–Trinajstić information content (AvgIpc) is 3.26. The van der Waals surface area contributed by atoms with Gasteiger partial charge in [-0.3, -0.25) is 0 Å². The van der Waals surface area contributed by atoms with Crippen molar-refractivity contribution in [3.05, 3.63) is 64.7 Å². The molecule has 2 atom stereocenters. The van der Waals surface area contributed by atoms with Crippen LogP contribution in [0, 0.1) is 0 Å². The first-order valence-corrected chi connectivity index (χ1v) is 11.9. The molecule has 4 rings (SSSR count). The molecule has 0 aliphatic carbocycles. The maximum Gasteiger partial charge on any atom is 0.0914 e. The number of aliphatic hydroxyl groups is 1. The number of nitrogens with one attached hydrogen (secondary N) is 2. The summed E-state index contributed by atoms with van der Waals surface area (Å²) in [5.74, 6) is 1.09. The monoisotopic (exact) mass is 431 g/mol. The number of hydrogen-bond acceptors (Lipinski definition) is 5. The molecule has 0 amide bonds. The highest BCUT2D eigenvalue weighted by atomic mass is 35.5. The van der Waals surface area contributed by atoms with Crippen molar-refractivity contribution in [2.45, 2.75) is 36.7 Å². The van der Waals surface area contributed by atoms with E-state index in [4.69, 9.17) is 11.6 Å². The molecule has 3 N–H and O–H groups in total. The van der Waals surface area contributed by atoms with Gasteiger partial charge in [-0.15, -0.1) is 11.8 Å². The summed E-state index contributed by atoms with van der Waals surface area (Å²) in [6.45, 7) is 3.78. The minimum absolute atomic E-state index is 0.450. The Morgan fingerprint density at radius 3 is 2.66 bits per heavy atom. The van der Waals surface area contributed by atoms with E-state index in [2.05, 4.69) is 39.8 Å². The molecule has 2 aliphatic rings. The van der Waals surface area contributed by atoms with Crippen LogP contribution in [0.3, 0.4) is 0 Å². The number of aliphatic hydroxyl groups excluding tert-OH is 1. The van der Waals surface area contributed by atoms with Gasteiger partial charge in [0.25, 0.3) is 0 Å². The van der Waals surface area contributed by atoms with Gasteiger partial charge < -0.3 is 20.6 Å². The lowest BCUT2D eigenvalue weighted by atomic mass is 10.0. The van der Waals surface area contributed by atoms with Crippen LogP contribution in [-0.2, 0) is 6.42 Å². The zero-order valence-electron chi connectivity index (χ0n) is 16.7. The second-order valence-electron chi connectivity index (χ2n) is 8.00. The molecular formula is C23H30ClN3OS. The number of benzene rings is 2. The molecule has 2 aromatic carbocycles. The fraction of sp³-hybridized carbons (Fsp3) is 0.478. The van der Waals surface area contributed by atoms with Gasteiger partial charge in [0.2, 0.25) is 0 Å². The molecular weight excluding hydrogens is 402 g/mol. The lowest BCUT2D eigenvalue weighted by Crippen LogP contribution is -2.43. The fourth-order valence-electron chi connectivity index (χ4n) is 4.14. The zero-order valence-corrected chi connectivity index (χ0v) is 18.3. The third kappa shape index (κ3) is 5.89. The predicted octanol–water partition coefficient (Wildman–Crippen LogP) is 3.84. The lowest BCUT2D eigenvalue weighted by molar-refractivity contribution is 0.167. The highest BCUT2D eigenvalue weighted by molar-refractivity contribution is 8.00. The Kier molecular flexibility index (Phi) is 7.38. The van der Waals surface area contributed by atoms with E-state index >= 15 is 0 Å². The summed E-state index contributed by atoms with van der Waals surface area (Å²) in [5, 5.41) is 18.7. The van der Waals surface area contributed by atoms with E-state index in [-0.39, 0.29) is 0 Å². The van der Waals surface area contributed by atoms with Gasteiger partial charge in [-0.05, 0) is 54.7 Å². The van der Waals surface area contributed by atoms with Crippen molar-refractivity contribution in [3.63, 3.8) is 0 Å². The van der Waals surface area contributed by atoms with Crippen LogP contribution in [0.2, 0.25) is 5.02 Å². The molecule has 6 heteroatoms. The first kappa shape index (κ1) is 21.0. The summed E-state index contributed by atoms with van der Waals surface area (Å²) in [6, 6.07) is 17.1. The normalized spacial score (nSPS) is 21.4. The summed E-state index contributed by atoms with van der Waals surface area (Å²) in [5.41, 5.74) is 3.62. The Balaban J connectivity index is 1.22. The molecule has 0 radical (unpaired) electrons. The number of piperidine rings is 1. The lowest BCUT2D eigenvalue weighted by Gasteiger charge is -2.34. The van der Waals surface area contributed by atoms with Crippen molar-refractivity contribution in [2.75, 3.05) is 37.0 Å². The Labute approximate surface area is 183 Å². The second-order valence-corrected chi connectivity index (χ2v) is 9.72. The van der Waals surface area contributed by atoms with Crippen LogP contribution in [0.25, 0.3) is 0 Å². The average molecular weight is 432 g/mol. The van der Waals surface area contributed by atoms with E-state index < -0.39 is 6.10 Å². The molecule has 1 unspecified atom stereocenters. The highest BCUT2D eigenvalue weighted by Crippen LogP contribution is 2.24. The summed E-state index contributed by atoms with van der Waals surface area (Å²) < 4.78 is 0. The fourth-order valence-corrected chi connectivity index (χ4v) is 5.36. The third-order valence-electron chi connectivity index (χ3n) is 5.89. The Morgan fingerprint density at radius 2 is 1.97 bits per heavy atom. The molecule has 0 spiro atoms. The molecule has 29 heavy (non-hydrogen) atoms. The van der Waals surface area contributed by atoms with Crippen LogP contribution < -0.4 is 15.5 Å².